The molecule has 5 nitrogen and oxygen atoms in total. The van der Waals surface area contributed by atoms with Crippen LogP contribution < -0.4 is 0 Å². The molecule has 1 aliphatic carbocycles. The van der Waals surface area contributed by atoms with Gasteiger partial charge in [0.2, 0.25) is 5.89 Å². The van der Waals surface area contributed by atoms with Crippen molar-refractivity contribution in [2.75, 3.05) is 0 Å². The van der Waals surface area contributed by atoms with E-state index in [-0.39, 0.29) is 11.2 Å². The third-order valence-corrected chi connectivity index (χ3v) is 5.25. The van der Waals surface area contributed by atoms with Gasteiger partial charge in [-0.25, -0.2) is 0 Å². The summed E-state index contributed by atoms with van der Waals surface area (Å²) in [5.74, 6) is -0.676. The standard InChI is InChI=1S/C14H12Cl2N2O3S/c15-8-2-4-10(11(16)6-8)12-17-18-14(21-12)22-9-3-1-7(5-9)13(19)20/h2,4,6-7,9H,1,3,5H2,(H,19,20)/t7-,9-/m0/s1. The molecule has 1 fully saturated rings. The van der Waals surface area contributed by atoms with Gasteiger partial charge in [-0.1, -0.05) is 35.0 Å². The van der Waals surface area contributed by atoms with E-state index in [1.54, 1.807) is 18.2 Å². The number of rotatable bonds is 4. The molecule has 0 spiro atoms. The maximum absolute atomic E-state index is 11.0. The van der Waals surface area contributed by atoms with Gasteiger partial charge < -0.3 is 9.52 Å². The van der Waals surface area contributed by atoms with Gasteiger partial charge in [0.15, 0.2) is 0 Å². The summed E-state index contributed by atoms with van der Waals surface area (Å²) in [4.78, 5) is 11.0. The average molecular weight is 359 g/mol. The Labute approximate surface area is 141 Å². The van der Waals surface area contributed by atoms with Gasteiger partial charge in [0.05, 0.1) is 16.5 Å². The number of thioether (sulfide) groups is 1. The number of carboxylic acid groups (broad SMARTS) is 1. The third-order valence-electron chi connectivity index (χ3n) is 3.57. The summed E-state index contributed by atoms with van der Waals surface area (Å²) >= 11 is 13.4. The maximum Gasteiger partial charge on any atom is 0.306 e. The molecule has 0 radical (unpaired) electrons. The Morgan fingerprint density at radius 3 is 2.82 bits per heavy atom. The van der Waals surface area contributed by atoms with E-state index >= 15 is 0 Å². The molecule has 3 rings (SSSR count). The van der Waals surface area contributed by atoms with Gasteiger partial charge in [-0.2, -0.15) is 0 Å². The zero-order chi connectivity index (χ0) is 15.7. The third kappa shape index (κ3) is 3.39. The van der Waals surface area contributed by atoms with E-state index in [9.17, 15) is 4.79 Å². The van der Waals surface area contributed by atoms with Crippen LogP contribution in [0.15, 0.2) is 27.8 Å². The van der Waals surface area contributed by atoms with E-state index < -0.39 is 5.97 Å². The lowest BCUT2D eigenvalue weighted by Gasteiger charge is -2.05. The SMILES string of the molecule is O=C(O)[C@H]1CC[C@H](Sc2nnc(-c3ccc(Cl)cc3Cl)o2)C1. The number of aromatic nitrogens is 2. The van der Waals surface area contributed by atoms with Crippen molar-refractivity contribution in [3.05, 3.63) is 28.2 Å². The number of nitrogens with zero attached hydrogens (tertiary/aromatic N) is 2. The minimum Gasteiger partial charge on any atom is -0.481 e. The zero-order valence-corrected chi connectivity index (χ0v) is 13.7. The highest BCUT2D eigenvalue weighted by atomic mass is 35.5. The maximum atomic E-state index is 11.0. The van der Waals surface area contributed by atoms with E-state index in [4.69, 9.17) is 32.7 Å². The lowest BCUT2D eigenvalue weighted by atomic mass is 10.1. The molecule has 1 saturated carbocycles. The van der Waals surface area contributed by atoms with Crippen LogP contribution >= 0.6 is 35.0 Å². The topological polar surface area (TPSA) is 76.2 Å². The fraction of sp³-hybridized carbons (Fsp3) is 0.357. The second kappa shape index (κ2) is 6.48. The predicted molar refractivity (Wildman–Crippen MR) is 84.4 cm³/mol. The number of hydrogen-bond donors (Lipinski definition) is 1. The van der Waals surface area contributed by atoms with Gasteiger partial charge in [0.1, 0.15) is 0 Å². The van der Waals surface area contributed by atoms with Crippen LogP contribution in [-0.2, 0) is 4.79 Å². The number of benzene rings is 1. The van der Waals surface area contributed by atoms with Crippen molar-refractivity contribution in [3.63, 3.8) is 0 Å². The van der Waals surface area contributed by atoms with Crippen molar-refractivity contribution in [2.24, 2.45) is 5.92 Å². The summed E-state index contributed by atoms with van der Waals surface area (Å²) in [5, 5.41) is 18.6. The summed E-state index contributed by atoms with van der Waals surface area (Å²) in [6.45, 7) is 0. The molecule has 0 aliphatic heterocycles. The van der Waals surface area contributed by atoms with Gasteiger partial charge in [-0.15, -0.1) is 10.2 Å². The average Bonchev–Trinajstić information content (AvgIpc) is 3.09. The molecule has 116 valence electrons. The fourth-order valence-electron chi connectivity index (χ4n) is 2.44. The summed E-state index contributed by atoms with van der Waals surface area (Å²) in [6, 6.07) is 5.04. The van der Waals surface area contributed by atoms with Crippen LogP contribution in [0, 0.1) is 5.92 Å². The highest BCUT2D eigenvalue weighted by molar-refractivity contribution is 7.99. The van der Waals surface area contributed by atoms with Crippen molar-refractivity contribution in [2.45, 2.75) is 29.7 Å². The summed E-state index contributed by atoms with van der Waals surface area (Å²) in [6.07, 6.45) is 2.15. The molecule has 1 aromatic heterocycles. The molecule has 1 aromatic carbocycles. The van der Waals surface area contributed by atoms with E-state index in [0.717, 1.165) is 6.42 Å². The monoisotopic (exact) mass is 358 g/mol. The summed E-state index contributed by atoms with van der Waals surface area (Å²) in [7, 11) is 0. The molecule has 2 aromatic rings. The Kier molecular flexibility index (Phi) is 4.61. The zero-order valence-electron chi connectivity index (χ0n) is 11.3. The molecule has 22 heavy (non-hydrogen) atoms. The van der Waals surface area contributed by atoms with Crippen LogP contribution in [0.4, 0.5) is 0 Å². The smallest absolute Gasteiger partial charge is 0.306 e. The van der Waals surface area contributed by atoms with Crippen LogP contribution in [0.2, 0.25) is 10.0 Å². The lowest BCUT2D eigenvalue weighted by molar-refractivity contribution is -0.141. The normalized spacial score (nSPS) is 21.2. The molecule has 0 saturated heterocycles. The van der Waals surface area contributed by atoms with Crippen molar-refractivity contribution < 1.29 is 14.3 Å². The molecule has 0 amide bonds. The quantitative estimate of drug-likeness (QED) is 0.873. The highest BCUT2D eigenvalue weighted by Crippen LogP contribution is 2.38. The minimum absolute atomic E-state index is 0.190. The Hall–Kier alpha value is -1.24. The number of halogens is 2. The van der Waals surface area contributed by atoms with Crippen molar-refractivity contribution in [3.8, 4) is 11.5 Å². The van der Waals surface area contributed by atoms with Crippen LogP contribution in [-0.4, -0.2) is 26.5 Å². The minimum atomic E-state index is -0.734. The first kappa shape index (κ1) is 15.6. The van der Waals surface area contributed by atoms with Crippen LogP contribution in [0.3, 0.4) is 0 Å². The molecular weight excluding hydrogens is 347 g/mol. The largest absolute Gasteiger partial charge is 0.481 e. The van der Waals surface area contributed by atoms with E-state index in [1.165, 1.54) is 11.8 Å². The molecule has 1 aliphatic rings. The molecule has 2 atom stereocenters. The molecule has 8 heteroatoms. The van der Waals surface area contributed by atoms with Crippen LogP contribution in [0.25, 0.3) is 11.5 Å². The van der Waals surface area contributed by atoms with Gasteiger partial charge >= 0.3 is 5.97 Å². The van der Waals surface area contributed by atoms with Gasteiger partial charge in [-0.05, 0) is 37.5 Å². The van der Waals surface area contributed by atoms with Gasteiger partial charge in [0.25, 0.3) is 5.22 Å². The van der Waals surface area contributed by atoms with Gasteiger partial charge in [-0.3, -0.25) is 4.79 Å². The number of carboxylic acids is 1. The Morgan fingerprint density at radius 1 is 1.32 bits per heavy atom. The number of hydrogen-bond acceptors (Lipinski definition) is 5. The molecule has 0 unspecified atom stereocenters. The van der Waals surface area contributed by atoms with Crippen LogP contribution in [0.1, 0.15) is 19.3 Å². The second-order valence-corrected chi connectivity index (χ2v) is 7.18. The summed E-state index contributed by atoms with van der Waals surface area (Å²) < 4.78 is 5.61. The second-order valence-electron chi connectivity index (χ2n) is 5.09. The highest BCUT2D eigenvalue weighted by Gasteiger charge is 2.31. The first-order valence-electron chi connectivity index (χ1n) is 6.71. The van der Waals surface area contributed by atoms with Gasteiger partial charge in [0, 0.05) is 10.3 Å². The molecule has 0 bridgehead atoms. The van der Waals surface area contributed by atoms with E-state index in [2.05, 4.69) is 10.2 Å². The number of carbonyl (C=O) groups is 1. The predicted octanol–water partition coefficient (Wildman–Crippen LogP) is 4.39. The van der Waals surface area contributed by atoms with Crippen molar-refractivity contribution >= 4 is 40.9 Å². The Morgan fingerprint density at radius 2 is 2.14 bits per heavy atom. The van der Waals surface area contributed by atoms with Crippen molar-refractivity contribution in [1.29, 1.82) is 0 Å². The first-order chi connectivity index (χ1) is 10.5. The van der Waals surface area contributed by atoms with E-state index in [0.29, 0.717) is 39.6 Å². The lowest BCUT2D eigenvalue weighted by Crippen LogP contribution is -2.09. The van der Waals surface area contributed by atoms with Crippen LogP contribution in [0.5, 0.6) is 0 Å². The Bertz CT molecular complexity index is 707. The molecular formula is C14H12Cl2N2O3S. The summed E-state index contributed by atoms with van der Waals surface area (Å²) in [5.41, 5.74) is 0.625. The van der Waals surface area contributed by atoms with Crippen molar-refractivity contribution in [1.82, 2.24) is 10.2 Å². The van der Waals surface area contributed by atoms with E-state index in [1.807, 2.05) is 0 Å². The number of aliphatic carboxylic acids is 1. The fourth-order valence-corrected chi connectivity index (χ4v) is 4.02. The first-order valence-corrected chi connectivity index (χ1v) is 8.35. The Balaban J connectivity index is 1.70. The molecule has 1 N–H and O–H groups in total. The molecule has 1 heterocycles.